The minimum Gasteiger partial charge on any atom is -0.268 e. The van der Waals surface area contributed by atoms with Crippen LogP contribution in [0.25, 0.3) is 16.6 Å². The fourth-order valence-corrected chi connectivity index (χ4v) is 3.81. The molecule has 0 unspecified atom stereocenters. The van der Waals surface area contributed by atoms with Crippen LogP contribution in [0.15, 0.2) is 83.0 Å². The average molecular weight is 359 g/mol. The third-order valence-corrected chi connectivity index (χ3v) is 5.20. The summed E-state index contributed by atoms with van der Waals surface area (Å²) < 4.78 is 1.72. The van der Waals surface area contributed by atoms with Crippen molar-refractivity contribution < 1.29 is 0 Å². The number of benzene rings is 2. The van der Waals surface area contributed by atoms with Crippen LogP contribution in [-0.2, 0) is 5.75 Å². The van der Waals surface area contributed by atoms with Crippen molar-refractivity contribution in [2.75, 3.05) is 0 Å². The van der Waals surface area contributed by atoms with Gasteiger partial charge in [0.15, 0.2) is 5.16 Å². The van der Waals surface area contributed by atoms with E-state index in [0.29, 0.717) is 16.3 Å². The summed E-state index contributed by atoms with van der Waals surface area (Å²) in [7, 11) is 0. The molecule has 0 N–H and O–H groups in total. The number of fused-ring (bicyclic) bond motifs is 1. The summed E-state index contributed by atoms with van der Waals surface area (Å²) in [5.41, 5.74) is 3.67. The topological polar surface area (TPSA) is 47.8 Å². The molecule has 2 aromatic heterocycles. The number of aryl methyl sites for hydroxylation is 1. The minimum absolute atomic E-state index is 0.0430. The molecule has 0 radical (unpaired) electrons. The van der Waals surface area contributed by atoms with Crippen LogP contribution in [0.3, 0.4) is 0 Å². The van der Waals surface area contributed by atoms with Crippen LogP contribution in [0, 0.1) is 6.92 Å². The molecule has 0 aliphatic rings. The van der Waals surface area contributed by atoms with Gasteiger partial charge in [-0.2, -0.15) is 0 Å². The third-order valence-electron chi connectivity index (χ3n) is 4.19. The van der Waals surface area contributed by atoms with Crippen molar-refractivity contribution in [1.82, 2.24) is 14.5 Å². The maximum absolute atomic E-state index is 13.2. The van der Waals surface area contributed by atoms with Crippen LogP contribution >= 0.6 is 11.8 Å². The van der Waals surface area contributed by atoms with E-state index in [0.717, 1.165) is 22.3 Å². The molecule has 4 aromatic rings. The second kappa shape index (κ2) is 7.14. The van der Waals surface area contributed by atoms with E-state index in [9.17, 15) is 4.79 Å². The number of pyridine rings is 1. The first-order valence-corrected chi connectivity index (χ1v) is 9.32. The lowest BCUT2D eigenvalue weighted by Crippen LogP contribution is -2.22. The Morgan fingerprint density at radius 2 is 1.81 bits per heavy atom. The number of rotatable bonds is 4. The zero-order chi connectivity index (χ0) is 17.9. The molecule has 2 aromatic carbocycles. The van der Waals surface area contributed by atoms with Crippen molar-refractivity contribution in [3.8, 4) is 5.69 Å². The SMILES string of the molecule is Cc1ccccc1-n1c(SCc2cccnc2)nc2ccccc2c1=O. The minimum atomic E-state index is -0.0430. The molecular formula is C21H17N3OS. The van der Waals surface area contributed by atoms with Gasteiger partial charge in [0, 0.05) is 18.1 Å². The summed E-state index contributed by atoms with van der Waals surface area (Å²) in [5.74, 6) is 0.699. The maximum atomic E-state index is 13.2. The van der Waals surface area contributed by atoms with E-state index in [1.807, 2.05) is 73.8 Å². The lowest BCUT2D eigenvalue weighted by atomic mass is 10.2. The highest BCUT2D eigenvalue weighted by Gasteiger charge is 2.14. The van der Waals surface area contributed by atoms with Crippen molar-refractivity contribution in [1.29, 1.82) is 0 Å². The van der Waals surface area contributed by atoms with Crippen LogP contribution in [0.1, 0.15) is 11.1 Å². The van der Waals surface area contributed by atoms with Crippen LogP contribution in [-0.4, -0.2) is 14.5 Å². The first-order valence-electron chi connectivity index (χ1n) is 8.33. The first-order chi connectivity index (χ1) is 12.7. The maximum Gasteiger partial charge on any atom is 0.266 e. The molecule has 0 aliphatic heterocycles. The number of nitrogens with zero attached hydrogens (tertiary/aromatic N) is 3. The Balaban J connectivity index is 1.88. The molecule has 0 fully saturated rings. The molecule has 0 bridgehead atoms. The Morgan fingerprint density at radius 3 is 2.62 bits per heavy atom. The Bertz CT molecular complexity index is 1120. The third kappa shape index (κ3) is 3.13. The molecule has 0 spiro atoms. The predicted molar refractivity (Wildman–Crippen MR) is 106 cm³/mol. The molecule has 0 aliphatic carbocycles. The van der Waals surface area contributed by atoms with Gasteiger partial charge in [0.25, 0.3) is 5.56 Å². The second-order valence-corrected chi connectivity index (χ2v) is 6.93. The van der Waals surface area contributed by atoms with E-state index in [2.05, 4.69) is 4.98 Å². The molecule has 4 rings (SSSR count). The molecule has 4 nitrogen and oxygen atoms in total. The first kappa shape index (κ1) is 16.5. The van der Waals surface area contributed by atoms with E-state index in [1.165, 1.54) is 0 Å². The highest BCUT2D eigenvalue weighted by atomic mass is 32.2. The van der Waals surface area contributed by atoms with Gasteiger partial charge in [-0.05, 0) is 42.3 Å². The molecule has 0 amide bonds. The van der Waals surface area contributed by atoms with Gasteiger partial charge < -0.3 is 0 Å². The highest BCUT2D eigenvalue weighted by Crippen LogP contribution is 2.25. The summed E-state index contributed by atoms with van der Waals surface area (Å²) in [6, 6.07) is 19.3. The lowest BCUT2D eigenvalue weighted by Gasteiger charge is -2.15. The summed E-state index contributed by atoms with van der Waals surface area (Å²) in [6.07, 6.45) is 3.59. The van der Waals surface area contributed by atoms with E-state index < -0.39 is 0 Å². The summed E-state index contributed by atoms with van der Waals surface area (Å²) in [5, 5.41) is 1.31. The van der Waals surface area contributed by atoms with Gasteiger partial charge in [0.2, 0.25) is 0 Å². The zero-order valence-electron chi connectivity index (χ0n) is 14.3. The number of aromatic nitrogens is 3. The van der Waals surface area contributed by atoms with Gasteiger partial charge in [-0.15, -0.1) is 0 Å². The molecule has 128 valence electrons. The van der Waals surface area contributed by atoms with Crippen molar-refractivity contribution in [3.05, 3.63) is 94.5 Å². The van der Waals surface area contributed by atoms with E-state index in [-0.39, 0.29) is 5.56 Å². The van der Waals surface area contributed by atoms with Crippen LogP contribution in [0.5, 0.6) is 0 Å². The molecule has 26 heavy (non-hydrogen) atoms. The van der Waals surface area contributed by atoms with E-state index in [1.54, 1.807) is 22.5 Å². The molecular weight excluding hydrogens is 342 g/mol. The molecule has 0 saturated carbocycles. The normalized spacial score (nSPS) is 11.0. The zero-order valence-corrected chi connectivity index (χ0v) is 15.1. The molecule has 0 atom stereocenters. The van der Waals surface area contributed by atoms with Crippen LogP contribution in [0.4, 0.5) is 0 Å². The lowest BCUT2D eigenvalue weighted by molar-refractivity contribution is 0.814. The smallest absolute Gasteiger partial charge is 0.266 e. The van der Waals surface area contributed by atoms with Crippen LogP contribution < -0.4 is 5.56 Å². The van der Waals surface area contributed by atoms with Gasteiger partial charge in [-0.3, -0.25) is 14.3 Å². The van der Waals surface area contributed by atoms with Gasteiger partial charge in [-0.25, -0.2) is 4.98 Å². The average Bonchev–Trinajstić information content (AvgIpc) is 2.68. The fourth-order valence-electron chi connectivity index (χ4n) is 2.87. The second-order valence-electron chi connectivity index (χ2n) is 5.99. The monoisotopic (exact) mass is 359 g/mol. The fraction of sp³-hybridized carbons (Fsp3) is 0.0952. The standard InChI is InChI=1S/C21H17N3OS/c1-15-7-2-5-11-19(15)24-20(25)17-9-3-4-10-18(17)23-21(24)26-14-16-8-6-12-22-13-16/h2-13H,14H2,1H3. The van der Waals surface area contributed by atoms with Gasteiger partial charge in [0.05, 0.1) is 16.6 Å². The van der Waals surface area contributed by atoms with Crippen LogP contribution in [0.2, 0.25) is 0 Å². The predicted octanol–water partition coefficient (Wildman–Crippen LogP) is 4.38. The quantitative estimate of drug-likeness (QED) is 0.401. The number of hydrogen-bond acceptors (Lipinski definition) is 4. The summed E-state index contributed by atoms with van der Waals surface area (Å²) >= 11 is 1.54. The van der Waals surface area contributed by atoms with Crippen molar-refractivity contribution in [2.45, 2.75) is 17.8 Å². The number of para-hydroxylation sites is 2. The van der Waals surface area contributed by atoms with Crippen molar-refractivity contribution in [3.63, 3.8) is 0 Å². The van der Waals surface area contributed by atoms with Crippen molar-refractivity contribution >= 4 is 22.7 Å². The van der Waals surface area contributed by atoms with Gasteiger partial charge in [0.1, 0.15) is 0 Å². The largest absolute Gasteiger partial charge is 0.268 e. The summed E-state index contributed by atoms with van der Waals surface area (Å²) in [6.45, 7) is 2.01. The van der Waals surface area contributed by atoms with Gasteiger partial charge >= 0.3 is 0 Å². The molecule has 0 saturated heterocycles. The van der Waals surface area contributed by atoms with Gasteiger partial charge in [-0.1, -0.05) is 48.2 Å². The van der Waals surface area contributed by atoms with Crippen molar-refractivity contribution in [2.24, 2.45) is 0 Å². The van der Waals surface area contributed by atoms with E-state index >= 15 is 0 Å². The Labute approximate surface area is 155 Å². The highest BCUT2D eigenvalue weighted by molar-refractivity contribution is 7.98. The molecule has 5 heteroatoms. The Kier molecular flexibility index (Phi) is 4.54. The Morgan fingerprint density at radius 1 is 1.00 bits per heavy atom. The van der Waals surface area contributed by atoms with E-state index in [4.69, 9.17) is 4.98 Å². The summed E-state index contributed by atoms with van der Waals surface area (Å²) in [4.78, 5) is 22.1. The Hall–Kier alpha value is -2.92. The number of thioether (sulfide) groups is 1. The number of hydrogen-bond donors (Lipinski definition) is 0. The molecule has 2 heterocycles.